The van der Waals surface area contributed by atoms with Crippen molar-refractivity contribution in [1.82, 2.24) is 10.4 Å². The van der Waals surface area contributed by atoms with Gasteiger partial charge < -0.3 is 4.90 Å². The third-order valence-electron chi connectivity index (χ3n) is 5.72. The number of hydrogen-bond acceptors (Lipinski definition) is 5. The molecular weight excluding hydrogens is 534 g/mol. The van der Waals surface area contributed by atoms with Gasteiger partial charge in [-0.3, -0.25) is 19.8 Å². The molecule has 1 N–H and O–H groups in total. The van der Waals surface area contributed by atoms with E-state index in [4.69, 9.17) is 12.2 Å². The van der Waals surface area contributed by atoms with Crippen molar-refractivity contribution in [2.75, 3.05) is 11.4 Å². The predicted octanol–water partition coefficient (Wildman–Crippen LogP) is 5.68. The number of para-hydroxylation sites is 1. The molecule has 4 rings (SSSR count). The van der Waals surface area contributed by atoms with E-state index in [-0.39, 0.29) is 15.1 Å². The SMILES string of the molecule is CCCCCCCN1C(=O)/C(=C2\SC(=S)N(NC(=O)c3ccc(Br)cc3)C2=O)c2ccccc21. The topological polar surface area (TPSA) is 69.7 Å². The summed E-state index contributed by atoms with van der Waals surface area (Å²) < 4.78 is 1.02. The first-order valence-corrected chi connectivity index (χ1v) is 13.2. The highest BCUT2D eigenvalue weighted by molar-refractivity contribution is 9.10. The second-order valence-corrected chi connectivity index (χ2v) is 10.6. The summed E-state index contributed by atoms with van der Waals surface area (Å²) in [5.41, 5.74) is 4.85. The second-order valence-electron chi connectivity index (χ2n) is 8.05. The normalized spacial score (nSPS) is 17.5. The van der Waals surface area contributed by atoms with E-state index in [0.29, 0.717) is 17.7 Å². The molecule has 0 bridgehead atoms. The summed E-state index contributed by atoms with van der Waals surface area (Å²) in [5, 5.41) is 1.05. The lowest BCUT2D eigenvalue weighted by atomic mass is 10.1. The fourth-order valence-electron chi connectivity index (χ4n) is 3.98. The molecule has 2 aromatic rings. The fourth-order valence-corrected chi connectivity index (χ4v) is 5.49. The van der Waals surface area contributed by atoms with Crippen LogP contribution < -0.4 is 10.3 Å². The number of amides is 3. The molecule has 2 heterocycles. The van der Waals surface area contributed by atoms with Gasteiger partial charge in [-0.25, -0.2) is 0 Å². The van der Waals surface area contributed by atoms with Gasteiger partial charge in [0.15, 0.2) is 4.32 Å². The maximum Gasteiger partial charge on any atom is 0.286 e. The number of thioether (sulfide) groups is 1. The van der Waals surface area contributed by atoms with E-state index >= 15 is 0 Å². The maximum absolute atomic E-state index is 13.5. The van der Waals surface area contributed by atoms with Crippen molar-refractivity contribution < 1.29 is 14.4 Å². The number of thiocarbonyl (C=S) groups is 1. The predicted molar refractivity (Wildman–Crippen MR) is 143 cm³/mol. The number of halogens is 1. The Kier molecular flexibility index (Phi) is 7.85. The number of unbranched alkanes of at least 4 members (excludes halogenated alkanes) is 4. The summed E-state index contributed by atoms with van der Waals surface area (Å²) in [4.78, 5) is 41.4. The van der Waals surface area contributed by atoms with Crippen LogP contribution >= 0.6 is 39.9 Å². The number of carbonyl (C=O) groups excluding carboxylic acids is 3. The van der Waals surface area contributed by atoms with Gasteiger partial charge in [0.1, 0.15) is 0 Å². The van der Waals surface area contributed by atoms with E-state index in [1.165, 1.54) is 6.42 Å². The van der Waals surface area contributed by atoms with Gasteiger partial charge in [-0.05, 0) is 49.0 Å². The summed E-state index contributed by atoms with van der Waals surface area (Å²) in [6, 6.07) is 14.3. The average Bonchev–Trinajstić information content (AvgIpc) is 3.26. The van der Waals surface area contributed by atoms with Crippen molar-refractivity contribution in [3.05, 3.63) is 69.0 Å². The Hall–Kier alpha value is -2.49. The lowest BCUT2D eigenvalue weighted by Crippen LogP contribution is -2.45. The highest BCUT2D eigenvalue weighted by Gasteiger charge is 2.42. The van der Waals surface area contributed by atoms with Crippen LogP contribution in [0.2, 0.25) is 0 Å². The highest BCUT2D eigenvalue weighted by Crippen LogP contribution is 2.44. The Bertz CT molecular complexity index is 1180. The van der Waals surface area contributed by atoms with Crippen molar-refractivity contribution in [3.8, 4) is 0 Å². The summed E-state index contributed by atoms with van der Waals surface area (Å²) >= 11 is 9.76. The van der Waals surface area contributed by atoms with Crippen molar-refractivity contribution >= 4 is 73.2 Å². The third-order valence-corrected chi connectivity index (χ3v) is 7.63. The summed E-state index contributed by atoms with van der Waals surface area (Å²) in [7, 11) is 0. The van der Waals surface area contributed by atoms with E-state index in [9.17, 15) is 14.4 Å². The van der Waals surface area contributed by atoms with Crippen molar-refractivity contribution in [2.24, 2.45) is 0 Å². The maximum atomic E-state index is 13.5. The van der Waals surface area contributed by atoms with Crippen LogP contribution in [0.15, 0.2) is 57.9 Å². The van der Waals surface area contributed by atoms with Gasteiger partial charge in [0.05, 0.1) is 16.2 Å². The zero-order valence-corrected chi connectivity index (χ0v) is 21.9. The van der Waals surface area contributed by atoms with E-state index < -0.39 is 11.8 Å². The Labute approximate surface area is 216 Å². The molecule has 0 aliphatic carbocycles. The highest BCUT2D eigenvalue weighted by atomic mass is 79.9. The van der Waals surface area contributed by atoms with Gasteiger partial charge in [-0.2, -0.15) is 5.01 Å². The Morgan fingerprint density at radius 1 is 1.00 bits per heavy atom. The first-order chi connectivity index (χ1) is 16.4. The molecule has 0 saturated carbocycles. The van der Waals surface area contributed by atoms with E-state index in [0.717, 1.165) is 58.2 Å². The van der Waals surface area contributed by atoms with Gasteiger partial charge in [0, 0.05) is 22.1 Å². The van der Waals surface area contributed by atoms with Gasteiger partial charge in [0.25, 0.3) is 17.7 Å². The van der Waals surface area contributed by atoms with Crippen LogP contribution in [-0.2, 0) is 9.59 Å². The lowest BCUT2D eigenvalue weighted by molar-refractivity contribution is -0.124. The molecule has 176 valence electrons. The molecule has 1 fully saturated rings. The molecule has 6 nitrogen and oxygen atoms in total. The van der Waals surface area contributed by atoms with Gasteiger partial charge in [-0.15, -0.1) is 0 Å². The molecule has 9 heteroatoms. The number of hydrazine groups is 1. The smallest absolute Gasteiger partial charge is 0.286 e. The van der Waals surface area contributed by atoms with Gasteiger partial charge in [0.2, 0.25) is 0 Å². The molecule has 0 atom stereocenters. The molecule has 0 unspecified atom stereocenters. The zero-order valence-electron chi connectivity index (χ0n) is 18.7. The molecule has 0 radical (unpaired) electrons. The average molecular weight is 559 g/mol. The van der Waals surface area contributed by atoms with Crippen LogP contribution in [0.4, 0.5) is 5.69 Å². The molecule has 2 aromatic carbocycles. The number of fused-ring (bicyclic) bond motifs is 1. The monoisotopic (exact) mass is 557 g/mol. The first-order valence-electron chi connectivity index (χ1n) is 11.2. The largest absolute Gasteiger partial charge is 0.308 e. The fraction of sp³-hybridized carbons (Fsp3) is 0.280. The minimum absolute atomic E-state index is 0.182. The van der Waals surface area contributed by atoms with Crippen LogP contribution in [0.25, 0.3) is 5.57 Å². The van der Waals surface area contributed by atoms with Crippen molar-refractivity contribution in [3.63, 3.8) is 0 Å². The third kappa shape index (κ3) is 4.96. The number of benzene rings is 2. The number of nitrogens with one attached hydrogen (secondary N) is 1. The summed E-state index contributed by atoms with van der Waals surface area (Å²) in [6.07, 6.45) is 5.45. The molecular formula is C25H24BrN3O3S2. The van der Waals surface area contributed by atoms with Crippen LogP contribution in [-0.4, -0.2) is 33.6 Å². The Balaban J connectivity index is 1.57. The Morgan fingerprint density at radius 2 is 1.71 bits per heavy atom. The molecule has 0 spiro atoms. The quantitative estimate of drug-likeness (QED) is 0.257. The van der Waals surface area contributed by atoms with Crippen LogP contribution in [0.5, 0.6) is 0 Å². The van der Waals surface area contributed by atoms with E-state index in [1.807, 2.05) is 24.3 Å². The van der Waals surface area contributed by atoms with Gasteiger partial charge >= 0.3 is 0 Å². The molecule has 0 aromatic heterocycles. The lowest BCUT2D eigenvalue weighted by Gasteiger charge is -2.17. The van der Waals surface area contributed by atoms with Crippen molar-refractivity contribution in [1.29, 1.82) is 0 Å². The molecule has 34 heavy (non-hydrogen) atoms. The van der Waals surface area contributed by atoms with E-state index in [2.05, 4.69) is 28.3 Å². The van der Waals surface area contributed by atoms with E-state index in [1.54, 1.807) is 29.2 Å². The molecule has 3 amide bonds. The minimum Gasteiger partial charge on any atom is -0.308 e. The number of anilines is 1. The van der Waals surface area contributed by atoms with Crippen LogP contribution in [0.3, 0.4) is 0 Å². The van der Waals surface area contributed by atoms with Gasteiger partial charge in [-0.1, -0.05) is 78.5 Å². The van der Waals surface area contributed by atoms with Crippen LogP contribution in [0.1, 0.15) is 54.9 Å². The summed E-state index contributed by atoms with van der Waals surface area (Å²) in [6.45, 7) is 2.77. The number of carbonyl (C=O) groups is 3. The van der Waals surface area contributed by atoms with Crippen molar-refractivity contribution in [2.45, 2.75) is 39.0 Å². The minimum atomic E-state index is -0.497. The molecule has 1 saturated heterocycles. The molecule has 2 aliphatic rings. The number of rotatable bonds is 8. The number of nitrogens with zero attached hydrogens (tertiary/aromatic N) is 2. The number of hydrogen-bond donors (Lipinski definition) is 1. The second kappa shape index (κ2) is 10.8. The Morgan fingerprint density at radius 3 is 2.44 bits per heavy atom. The zero-order chi connectivity index (χ0) is 24.2. The summed E-state index contributed by atoms with van der Waals surface area (Å²) in [5.74, 6) is -1.15. The molecule has 2 aliphatic heterocycles. The standard InChI is InChI=1S/C25H24BrN3O3S2/c1-2-3-4-5-8-15-28-19-10-7-6-9-18(19)20(23(28)31)21-24(32)29(25(33)34-21)27-22(30)16-11-13-17(26)14-12-16/h6-7,9-14H,2-5,8,15H2,1H3,(H,27,30)/b21-20-. The first kappa shape index (κ1) is 24.6. The van der Waals surface area contributed by atoms with Crippen LogP contribution in [0, 0.1) is 0 Å².